The van der Waals surface area contributed by atoms with Gasteiger partial charge in [0.15, 0.2) is 0 Å². The summed E-state index contributed by atoms with van der Waals surface area (Å²) in [5, 5.41) is 4.53. The maximum atomic E-state index is 13.0. The number of hydrogen-bond acceptors (Lipinski definition) is 3. The van der Waals surface area contributed by atoms with Gasteiger partial charge in [-0.15, -0.1) is 12.4 Å². The average Bonchev–Trinajstić information content (AvgIpc) is 3.09. The normalized spacial score (nSPS) is 19.8. The molecule has 0 bridgehead atoms. The number of aromatic nitrogens is 2. The molecule has 1 aromatic heterocycles. The SMILES string of the molecule is CCCn1nc(C)c(C(=O)N2C[C@@H](N)[C@H](c3ccccc3)C2)c1C.Cl. The molecule has 25 heavy (non-hydrogen) atoms. The van der Waals surface area contributed by atoms with E-state index in [1.807, 2.05) is 41.6 Å². The monoisotopic (exact) mass is 362 g/mol. The van der Waals surface area contributed by atoms with Crippen LogP contribution >= 0.6 is 12.4 Å². The first-order valence-corrected chi connectivity index (χ1v) is 8.66. The van der Waals surface area contributed by atoms with Crippen molar-refractivity contribution in [1.29, 1.82) is 0 Å². The van der Waals surface area contributed by atoms with Crippen molar-refractivity contribution in [2.45, 2.75) is 45.7 Å². The van der Waals surface area contributed by atoms with Crippen LogP contribution in [0.2, 0.25) is 0 Å². The minimum Gasteiger partial charge on any atom is -0.336 e. The molecule has 0 saturated carbocycles. The van der Waals surface area contributed by atoms with E-state index in [9.17, 15) is 4.79 Å². The van der Waals surface area contributed by atoms with Gasteiger partial charge in [-0.3, -0.25) is 9.48 Å². The number of amides is 1. The molecule has 2 atom stereocenters. The molecule has 1 aromatic carbocycles. The van der Waals surface area contributed by atoms with Gasteiger partial charge in [-0.05, 0) is 25.8 Å². The van der Waals surface area contributed by atoms with Crippen molar-refractivity contribution in [3.63, 3.8) is 0 Å². The van der Waals surface area contributed by atoms with Gasteiger partial charge in [-0.1, -0.05) is 37.3 Å². The van der Waals surface area contributed by atoms with E-state index in [1.165, 1.54) is 5.56 Å². The van der Waals surface area contributed by atoms with Gasteiger partial charge in [0, 0.05) is 37.3 Å². The van der Waals surface area contributed by atoms with E-state index < -0.39 is 0 Å². The first kappa shape index (κ1) is 19.5. The summed E-state index contributed by atoms with van der Waals surface area (Å²) in [5.74, 6) is 0.252. The molecule has 136 valence electrons. The number of halogens is 1. The Morgan fingerprint density at radius 1 is 1.24 bits per heavy atom. The van der Waals surface area contributed by atoms with Crippen LogP contribution in [0.4, 0.5) is 0 Å². The molecule has 0 aliphatic carbocycles. The Hall–Kier alpha value is -1.85. The van der Waals surface area contributed by atoms with Crippen molar-refractivity contribution in [2.75, 3.05) is 13.1 Å². The minimum atomic E-state index is -0.0253. The van der Waals surface area contributed by atoms with Gasteiger partial charge < -0.3 is 10.6 Å². The van der Waals surface area contributed by atoms with Gasteiger partial charge in [-0.2, -0.15) is 5.10 Å². The predicted molar refractivity (Wildman–Crippen MR) is 102 cm³/mol. The zero-order valence-corrected chi connectivity index (χ0v) is 15.9. The van der Waals surface area contributed by atoms with Crippen LogP contribution in [-0.4, -0.2) is 39.7 Å². The number of aryl methyl sites for hydroxylation is 2. The van der Waals surface area contributed by atoms with Crippen molar-refractivity contribution >= 4 is 18.3 Å². The number of likely N-dealkylation sites (tertiary alicyclic amines) is 1. The van der Waals surface area contributed by atoms with Crippen LogP contribution in [0.5, 0.6) is 0 Å². The van der Waals surface area contributed by atoms with E-state index in [1.54, 1.807) is 0 Å². The number of nitrogens with two attached hydrogens (primary N) is 1. The van der Waals surface area contributed by atoms with Crippen LogP contribution in [0.25, 0.3) is 0 Å². The average molecular weight is 363 g/mol. The Kier molecular flexibility index (Phi) is 6.25. The lowest BCUT2D eigenvalue weighted by Crippen LogP contribution is -2.32. The lowest BCUT2D eigenvalue weighted by molar-refractivity contribution is 0.0787. The number of carbonyl (C=O) groups excluding carboxylic acids is 1. The first-order chi connectivity index (χ1) is 11.5. The number of rotatable bonds is 4. The van der Waals surface area contributed by atoms with E-state index in [-0.39, 0.29) is 30.3 Å². The Morgan fingerprint density at radius 2 is 1.92 bits per heavy atom. The van der Waals surface area contributed by atoms with E-state index >= 15 is 0 Å². The number of carbonyl (C=O) groups is 1. The predicted octanol–water partition coefficient (Wildman–Crippen LogP) is 2.90. The second-order valence-electron chi connectivity index (χ2n) is 6.66. The summed E-state index contributed by atoms with van der Waals surface area (Å²) >= 11 is 0. The molecule has 6 heteroatoms. The smallest absolute Gasteiger partial charge is 0.257 e. The summed E-state index contributed by atoms with van der Waals surface area (Å²) in [6, 6.07) is 10.2. The van der Waals surface area contributed by atoms with Crippen LogP contribution in [-0.2, 0) is 6.54 Å². The van der Waals surface area contributed by atoms with E-state index in [4.69, 9.17) is 5.73 Å². The molecule has 1 amide bonds. The van der Waals surface area contributed by atoms with Crippen molar-refractivity contribution in [1.82, 2.24) is 14.7 Å². The van der Waals surface area contributed by atoms with Gasteiger partial charge in [0.25, 0.3) is 5.91 Å². The maximum absolute atomic E-state index is 13.0. The molecule has 3 rings (SSSR count). The summed E-state index contributed by atoms with van der Waals surface area (Å²) in [6.07, 6.45) is 1.00. The second kappa shape index (κ2) is 8.02. The van der Waals surface area contributed by atoms with Gasteiger partial charge in [0.1, 0.15) is 0 Å². The Balaban J connectivity index is 0.00000225. The number of hydrogen-bond donors (Lipinski definition) is 1. The van der Waals surface area contributed by atoms with Crippen LogP contribution in [0.3, 0.4) is 0 Å². The standard InChI is InChI=1S/C19H26N4O.ClH/c1-4-10-23-14(3)18(13(2)21-23)19(24)22-11-16(17(20)12-22)15-8-6-5-7-9-15;/h5-9,16-17H,4,10-12,20H2,1-3H3;1H/t16-,17+;/m0./s1. The highest BCUT2D eigenvalue weighted by Crippen LogP contribution is 2.28. The summed E-state index contributed by atoms with van der Waals surface area (Å²) in [5.41, 5.74) is 10.0. The molecule has 1 fully saturated rings. The molecule has 0 spiro atoms. The van der Waals surface area contributed by atoms with Gasteiger partial charge >= 0.3 is 0 Å². The van der Waals surface area contributed by atoms with E-state index in [0.717, 1.165) is 29.9 Å². The molecule has 1 saturated heterocycles. The van der Waals surface area contributed by atoms with Crippen molar-refractivity contribution in [3.8, 4) is 0 Å². The van der Waals surface area contributed by atoms with Crippen LogP contribution in [0.15, 0.2) is 30.3 Å². The molecule has 1 aliphatic rings. The molecule has 0 unspecified atom stereocenters. The summed E-state index contributed by atoms with van der Waals surface area (Å²) in [6.45, 7) is 8.11. The third kappa shape index (κ3) is 3.72. The fraction of sp³-hybridized carbons (Fsp3) is 0.474. The number of nitrogens with zero attached hydrogens (tertiary/aromatic N) is 3. The topological polar surface area (TPSA) is 64.2 Å². The maximum Gasteiger partial charge on any atom is 0.257 e. The van der Waals surface area contributed by atoms with Crippen molar-refractivity contribution < 1.29 is 4.79 Å². The number of benzene rings is 1. The van der Waals surface area contributed by atoms with E-state index in [0.29, 0.717) is 13.1 Å². The molecule has 1 aliphatic heterocycles. The fourth-order valence-corrected chi connectivity index (χ4v) is 3.64. The van der Waals surface area contributed by atoms with Gasteiger partial charge in [0.2, 0.25) is 0 Å². The highest BCUT2D eigenvalue weighted by molar-refractivity contribution is 5.96. The van der Waals surface area contributed by atoms with E-state index in [2.05, 4.69) is 24.2 Å². The summed E-state index contributed by atoms with van der Waals surface area (Å²) in [4.78, 5) is 14.9. The first-order valence-electron chi connectivity index (χ1n) is 8.66. The largest absolute Gasteiger partial charge is 0.336 e. The summed E-state index contributed by atoms with van der Waals surface area (Å²) < 4.78 is 1.94. The van der Waals surface area contributed by atoms with Gasteiger partial charge in [0.05, 0.1) is 11.3 Å². The molecule has 5 nitrogen and oxygen atoms in total. The zero-order chi connectivity index (χ0) is 17.3. The second-order valence-corrected chi connectivity index (χ2v) is 6.66. The highest BCUT2D eigenvalue weighted by Gasteiger charge is 2.35. The molecule has 2 heterocycles. The molecule has 0 radical (unpaired) electrons. The molecular formula is C19H27ClN4O. The third-order valence-electron chi connectivity index (χ3n) is 4.91. The highest BCUT2D eigenvalue weighted by atomic mass is 35.5. The third-order valence-corrected chi connectivity index (χ3v) is 4.91. The zero-order valence-electron chi connectivity index (χ0n) is 15.1. The Morgan fingerprint density at radius 3 is 2.56 bits per heavy atom. The van der Waals surface area contributed by atoms with Crippen LogP contribution in [0, 0.1) is 13.8 Å². The van der Waals surface area contributed by atoms with Gasteiger partial charge in [-0.25, -0.2) is 0 Å². The summed E-state index contributed by atoms with van der Waals surface area (Å²) in [7, 11) is 0. The van der Waals surface area contributed by atoms with Crippen LogP contribution < -0.4 is 5.73 Å². The molecule has 2 aromatic rings. The Bertz CT molecular complexity index is 729. The fourth-order valence-electron chi connectivity index (χ4n) is 3.64. The van der Waals surface area contributed by atoms with Crippen molar-refractivity contribution in [3.05, 3.63) is 52.8 Å². The minimum absolute atomic E-state index is 0. The molecule has 2 N–H and O–H groups in total. The molecular weight excluding hydrogens is 336 g/mol. The lowest BCUT2D eigenvalue weighted by Gasteiger charge is -2.17. The quantitative estimate of drug-likeness (QED) is 0.909. The van der Waals surface area contributed by atoms with Crippen molar-refractivity contribution in [2.24, 2.45) is 5.73 Å². The lowest BCUT2D eigenvalue weighted by atomic mass is 9.95. The van der Waals surface area contributed by atoms with Crippen LogP contribution in [0.1, 0.15) is 46.6 Å². The Labute approximate surface area is 155 Å².